The zero-order chi connectivity index (χ0) is 21.2. The molecule has 2 aromatic carbocycles. The Morgan fingerprint density at radius 3 is 2.38 bits per heavy atom. The molecular weight excluding hydrogens is 392 g/mol. The number of rotatable bonds is 4. The summed E-state index contributed by atoms with van der Waals surface area (Å²) in [6, 6.07) is 8.56. The zero-order valence-electron chi connectivity index (χ0n) is 14.9. The van der Waals surface area contributed by atoms with Crippen molar-refractivity contribution in [2.45, 2.75) is 13.1 Å². The van der Waals surface area contributed by atoms with E-state index >= 15 is 0 Å². The number of benzene rings is 2. The van der Waals surface area contributed by atoms with Gasteiger partial charge >= 0.3 is 6.18 Å². The molecule has 0 aliphatic carbocycles. The average Bonchev–Trinajstić information content (AvgIpc) is 2.65. The molecule has 1 aromatic heterocycles. The third kappa shape index (κ3) is 4.81. The normalized spacial score (nSPS) is 11.2. The van der Waals surface area contributed by atoms with E-state index in [2.05, 4.69) is 10.3 Å². The summed E-state index contributed by atoms with van der Waals surface area (Å²) in [7, 11) is 0. The van der Waals surface area contributed by atoms with Crippen LogP contribution >= 0.6 is 0 Å². The fourth-order valence-electron chi connectivity index (χ4n) is 2.51. The molecule has 150 valence electrons. The quantitative estimate of drug-likeness (QED) is 0.607. The highest BCUT2D eigenvalue weighted by atomic mass is 19.4. The van der Waals surface area contributed by atoms with E-state index in [1.165, 1.54) is 24.4 Å². The van der Waals surface area contributed by atoms with Gasteiger partial charge in [-0.2, -0.15) is 13.2 Å². The number of carbonyl (C=O) groups excluding carboxylic acids is 1. The molecule has 0 aliphatic heterocycles. The molecule has 9 heteroatoms. The molecule has 0 fully saturated rings. The Bertz CT molecular complexity index is 1100. The lowest BCUT2D eigenvalue weighted by atomic mass is 10.1. The number of amides is 1. The van der Waals surface area contributed by atoms with Gasteiger partial charge in [0, 0.05) is 12.3 Å². The number of carbonyl (C=O) groups is 1. The van der Waals surface area contributed by atoms with Crippen molar-refractivity contribution in [1.82, 2.24) is 4.98 Å². The van der Waals surface area contributed by atoms with Crippen molar-refractivity contribution >= 4 is 11.6 Å². The van der Waals surface area contributed by atoms with Gasteiger partial charge in [-0.05, 0) is 55.0 Å². The van der Waals surface area contributed by atoms with Crippen LogP contribution in [0, 0.1) is 12.7 Å². The zero-order valence-corrected chi connectivity index (χ0v) is 14.9. The van der Waals surface area contributed by atoms with Gasteiger partial charge in [-0.25, -0.2) is 4.39 Å². The van der Waals surface area contributed by atoms with Crippen LogP contribution in [-0.4, -0.2) is 10.9 Å². The highest BCUT2D eigenvalue weighted by molar-refractivity contribution is 6.06. The number of aromatic nitrogens is 1. The minimum Gasteiger partial charge on any atom is -0.456 e. The molecule has 0 bridgehead atoms. The summed E-state index contributed by atoms with van der Waals surface area (Å²) >= 11 is 0. The van der Waals surface area contributed by atoms with Crippen molar-refractivity contribution in [2.24, 2.45) is 0 Å². The van der Waals surface area contributed by atoms with Gasteiger partial charge in [-0.1, -0.05) is 0 Å². The number of halogens is 4. The van der Waals surface area contributed by atoms with Gasteiger partial charge in [-0.3, -0.25) is 9.59 Å². The number of ether oxygens (including phenoxy) is 1. The molecule has 0 aliphatic rings. The minimum atomic E-state index is -4.67. The number of alkyl halides is 3. The number of anilines is 1. The van der Waals surface area contributed by atoms with Gasteiger partial charge in [0.2, 0.25) is 5.56 Å². The van der Waals surface area contributed by atoms with Crippen LogP contribution in [0.3, 0.4) is 0 Å². The fraction of sp³-hybridized carbons (Fsp3) is 0.100. The third-order valence-corrected chi connectivity index (χ3v) is 3.95. The molecule has 3 aromatic rings. The molecule has 0 atom stereocenters. The number of aryl methyl sites for hydroxylation is 1. The maximum Gasteiger partial charge on any atom is 0.416 e. The first-order valence-electron chi connectivity index (χ1n) is 8.29. The highest BCUT2D eigenvalue weighted by Gasteiger charge is 2.32. The second-order valence-electron chi connectivity index (χ2n) is 6.12. The largest absolute Gasteiger partial charge is 0.456 e. The average molecular weight is 406 g/mol. The van der Waals surface area contributed by atoms with Crippen LogP contribution in [0.15, 0.2) is 59.5 Å². The molecule has 0 unspecified atom stereocenters. The Hall–Kier alpha value is -3.62. The summed E-state index contributed by atoms with van der Waals surface area (Å²) in [6.07, 6.45) is -3.46. The smallest absolute Gasteiger partial charge is 0.416 e. The molecule has 5 nitrogen and oxygen atoms in total. The van der Waals surface area contributed by atoms with Crippen LogP contribution < -0.4 is 15.6 Å². The number of hydrogen-bond donors (Lipinski definition) is 2. The van der Waals surface area contributed by atoms with E-state index in [0.29, 0.717) is 11.6 Å². The molecule has 2 N–H and O–H groups in total. The van der Waals surface area contributed by atoms with Crippen molar-refractivity contribution in [1.29, 1.82) is 0 Å². The van der Waals surface area contributed by atoms with Crippen LogP contribution in [0.1, 0.15) is 21.5 Å². The van der Waals surface area contributed by atoms with Crippen molar-refractivity contribution < 1.29 is 27.1 Å². The van der Waals surface area contributed by atoms with Crippen LogP contribution in [-0.2, 0) is 6.18 Å². The topological polar surface area (TPSA) is 71.2 Å². The predicted octanol–water partition coefficient (Wildman–Crippen LogP) is 4.89. The molecule has 0 saturated heterocycles. The Morgan fingerprint density at radius 1 is 1.03 bits per heavy atom. The Labute approximate surface area is 162 Å². The first kappa shape index (κ1) is 20.1. The molecule has 1 amide bonds. The van der Waals surface area contributed by atoms with Gasteiger partial charge < -0.3 is 15.0 Å². The third-order valence-electron chi connectivity index (χ3n) is 3.95. The Morgan fingerprint density at radius 2 is 1.76 bits per heavy atom. The van der Waals surface area contributed by atoms with E-state index < -0.39 is 29.0 Å². The monoisotopic (exact) mass is 406 g/mol. The number of nitrogens with one attached hydrogen (secondary N) is 2. The van der Waals surface area contributed by atoms with Crippen molar-refractivity contribution in [3.8, 4) is 11.5 Å². The molecular formula is C20H14F4N2O3. The lowest BCUT2D eigenvalue weighted by Crippen LogP contribution is -2.16. The van der Waals surface area contributed by atoms with Crippen LogP contribution in [0.2, 0.25) is 0 Å². The van der Waals surface area contributed by atoms with E-state index in [0.717, 1.165) is 24.3 Å². The van der Waals surface area contributed by atoms with E-state index in [9.17, 15) is 27.2 Å². The van der Waals surface area contributed by atoms with Gasteiger partial charge in [-0.15, -0.1) is 0 Å². The maximum atomic E-state index is 13.3. The molecule has 29 heavy (non-hydrogen) atoms. The number of pyridine rings is 1. The first-order valence-corrected chi connectivity index (χ1v) is 8.29. The van der Waals surface area contributed by atoms with Crippen LogP contribution in [0.4, 0.5) is 23.2 Å². The number of hydrogen-bond acceptors (Lipinski definition) is 3. The summed E-state index contributed by atoms with van der Waals surface area (Å²) in [4.78, 5) is 26.1. The van der Waals surface area contributed by atoms with Gasteiger partial charge in [0.1, 0.15) is 17.3 Å². The fourth-order valence-corrected chi connectivity index (χ4v) is 2.51. The van der Waals surface area contributed by atoms with Gasteiger partial charge in [0.05, 0.1) is 16.8 Å². The maximum absolute atomic E-state index is 13.3. The van der Waals surface area contributed by atoms with Gasteiger partial charge in [0.15, 0.2) is 0 Å². The lowest BCUT2D eigenvalue weighted by molar-refractivity contribution is -0.137. The standard InChI is InChI=1S/C20H14F4N2O3/c1-11-8-13(21)3-6-16(11)29-17-5-2-12(20(22,23)24)9-15(17)19(28)26-14-4-7-18(27)25-10-14/h2-10H,1H3,(H,25,27)(H,26,28). The Balaban J connectivity index is 2.00. The first-order chi connectivity index (χ1) is 13.6. The van der Waals surface area contributed by atoms with E-state index in [-0.39, 0.29) is 22.7 Å². The van der Waals surface area contributed by atoms with Gasteiger partial charge in [0.25, 0.3) is 5.91 Å². The van der Waals surface area contributed by atoms with E-state index in [4.69, 9.17) is 4.74 Å². The number of aromatic amines is 1. The summed E-state index contributed by atoms with van der Waals surface area (Å²) < 4.78 is 58.2. The molecule has 3 rings (SSSR count). The minimum absolute atomic E-state index is 0.144. The molecule has 0 radical (unpaired) electrons. The SMILES string of the molecule is Cc1cc(F)ccc1Oc1ccc(C(F)(F)F)cc1C(=O)Nc1ccc(=O)[nH]c1. The summed E-state index contributed by atoms with van der Waals surface area (Å²) in [6.45, 7) is 1.56. The summed E-state index contributed by atoms with van der Waals surface area (Å²) in [5.74, 6) is -1.34. The molecule has 0 spiro atoms. The second-order valence-corrected chi connectivity index (χ2v) is 6.12. The predicted molar refractivity (Wildman–Crippen MR) is 97.7 cm³/mol. The number of H-pyrrole nitrogens is 1. The highest BCUT2D eigenvalue weighted by Crippen LogP contribution is 2.35. The van der Waals surface area contributed by atoms with Crippen molar-refractivity contribution in [2.75, 3.05) is 5.32 Å². The summed E-state index contributed by atoms with van der Waals surface area (Å²) in [5.41, 5.74) is -1.24. The van der Waals surface area contributed by atoms with Crippen LogP contribution in [0.25, 0.3) is 0 Å². The second kappa shape index (κ2) is 7.78. The van der Waals surface area contributed by atoms with Crippen LogP contribution in [0.5, 0.6) is 11.5 Å². The lowest BCUT2D eigenvalue weighted by Gasteiger charge is -2.15. The Kier molecular flexibility index (Phi) is 5.40. The summed E-state index contributed by atoms with van der Waals surface area (Å²) in [5, 5.41) is 2.40. The molecule has 0 saturated carbocycles. The van der Waals surface area contributed by atoms with Crippen molar-refractivity contribution in [3.05, 3.63) is 87.6 Å². The molecule has 1 heterocycles. The van der Waals surface area contributed by atoms with E-state index in [1.807, 2.05) is 0 Å². The van der Waals surface area contributed by atoms with E-state index in [1.54, 1.807) is 6.92 Å². The van der Waals surface area contributed by atoms with Crippen molar-refractivity contribution in [3.63, 3.8) is 0 Å².